The highest BCUT2D eigenvalue weighted by Crippen LogP contribution is 2.25. The molecular weight excluding hydrogens is 420 g/mol. The van der Waals surface area contributed by atoms with Crippen molar-refractivity contribution >= 4 is 32.9 Å². The molecule has 0 aliphatic rings. The van der Waals surface area contributed by atoms with Crippen LogP contribution in [0.3, 0.4) is 0 Å². The van der Waals surface area contributed by atoms with Crippen LogP contribution in [0.15, 0.2) is 47.4 Å². The second-order valence-electron chi connectivity index (χ2n) is 6.90. The van der Waals surface area contributed by atoms with E-state index in [0.29, 0.717) is 16.6 Å². The summed E-state index contributed by atoms with van der Waals surface area (Å²) in [5.41, 5.74) is 2.23. The van der Waals surface area contributed by atoms with Gasteiger partial charge in [0.25, 0.3) is 0 Å². The van der Waals surface area contributed by atoms with Gasteiger partial charge in [-0.15, -0.1) is 0 Å². The van der Waals surface area contributed by atoms with E-state index in [9.17, 15) is 18.0 Å². The van der Waals surface area contributed by atoms with Crippen LogP contribution in [0.5, 0.6) is 0 Å². The first-order chi connectivity index (χ1) is 14.6. The molecule has 0 radical (unpaired) electrons. The lowest BCUT2D eigenvalue weighted by molar-refractivity contribution is 0.0444. The summed E-state index contributed by atoms with van der Waals surface area (Å²) in [5.74, 6) is -1.33. The zero-order valence-corrected chi connectivity index (χ0v) is 18.2. The number of hydrogen-bond acceptors (Lipinski definition) is 7. The van der Waals surface area contributed by atoms with Gasteiger partial charge in [-0.2, -0.15) is 0 Å². The van der Waals surface area contributed by atoms with Gasteiger partial charge in [-0.3, -0.25) is 0 Å². The summed E-state index contributed by atoms with van der Waals surface area (Å²) < 4.78 is 33.9. The van der Waals surface area contributed by atoms with E-state index < -0.39 is 22.0 Å². The number of nitrogens with zero attached hydrogens (tertiary/aromatic N) is 1. The normalized spacial score (nSPS) is 11.4. The second-order valence-corrected chi connectivity index (χ2v) is 8.43. The van der Waals surface area contributed by atoms with Crippen LogP contribution in [0.25, 0.3) is 10.9 Å². The van der Waals surface area contributed by atoms with E-state index in [2.05, 4.69) is 4.98 Å². The molecule has 8 nitrogen and oxygen atoms in total. The van der Waals surface area contributed by atoms with Gasteiger partial charge in [0.05, 0.1) is 33.8 Å². The average Bonchev–Trinajstić information content (AvgIpc) is 2.71. The number of nitrogens with two attached hydrogens (primary N) is 1. The summed E-state index contributed by atoms with van der Waals surface area (Å²) in [6, 6.07) is 11.4. The number of rotatable bonds is 6. The van der Waals surface area contributed by atoms with E-state index in [-0.39, 0.29) is 34.9 Å². The number of para-hydroxylation sites is 1. The Morgan fingerprint density at radius 2 is 1.74 bits per heavy atom. The van der Waals surface area contributed by atoms with Crippen molar-refractivity contribution in [2.24, 2.45) is 5.14 Å². The highest BCUT2D eigenvalue weighted by atomic mass is 32.2. The summed E-state index contributed by atoms with van der Waals surface area (Å²) >= 11 is 0. The van der Waals surface area contributed by atoms with Crippen molar-refractivity contribution < 1.29 is 27.5 Å². The fraction of sp³-hybridized carbons (Fsp3) is 0.227. The Kier molecular flexibility index (Phi) is 6.37. The lowest BCUT2D eigenvalue weighted by Gasteiger charge is -2.14. The molecule has 0 unspecified atom stereocenters. The fourth-order valence-corrected chi connectivity index (χ4v) is 4.08. The van der Waals surface area contributed by atoms with Crippen molar-refractivity contribution in [3.8, 4) is 0 Å². The molecule has 3 rings (SSSR count). The molecule has 0 atom stereocenters. The zero-order chi connectivity index (χ0) is 22.8. The number of carbonyl (C=O) groups is 2. The maximum Gasteiger partial charge on any atom is 0.340 e. The fourth-order valence-electron chi connectivity index (χ4n) is 3.27. The summed E-state index contributed by atoms with van der Waals surface area (Å²) in [4.78, 5) is 29.4. The number of ether oxygens (including phenoxy) is 2. The summed E-state index contributed by atoms with van der Waals surface area (Å²) in [7, 11) is -3.99. The predicted octanol–water partition coefficient (Wildman–Crippen LogP) is 3.03. The largest absolute Gasteiger partial charge is 0.462 e. The number of sulfonamides is 1. The minimum atomic E-state index is -3.99. The molecule has 0 bridgehead atoms. The van der Waals surface area contributed by atoms with Gasteiger partial charge in [-0.25, -0.2) is 28.1 Å². The topological polar surface area (TPSA) is 126 Å². The number of pyridine rings is 1. The summed E-state index contributed by atoms with van der Waals surface area (Å²) in [5, 5.41) is 5.99. The van der Waals surface area contributed by atoms with Crippen LogP contribution in [-0.4, -0.2) is 31.9 Å². The standard InChI is InChI=1S/C22H22N2O6S/c1-4-29-22(26)20-14(3)16-7-5-6-8-17(16)24-18(20)12-30-21(25)15-10-9-13(2)19(11-15)31(23,27)28/h5-11H,4,12H2,1-3H3,(H2,23,27,28). The lowest BCUT2D eigenvalue weighted by Crippen LogP contribution is -2.16. The van der Waals surface area contributed by atoms with Gasteiger partial charge in [0, 0.05) is 5.39 Å². The number of benzene rings is 2. The molecule has 9 heteroatoms. The molecule has 0 aliphatic carbocycles. The average molecular weight is 442 g/mol. The van der Waals surface area contributed by atoms with Crippen molar-refractivity contribution in [2.75, 3.05) is 6.61 Å². The van der Waals surface area contributed by atoms with Crippen LogP contribution in [0.2, 0.25) is 0 Å². The van der Waals surface area contributed by atoms with E-state index in [1.54, 1.807) is 26.8 Å². The molecular formula is C22H22N2O6S. The maximum atomic E-state index is 12.6. The molecule has 2 aromatic carbocycles. The highest BCUT2D eigenvalue weighted by Gasteiger charge is 2.22. The minimum absolute atomic E-state index is 0.0184. The van der Waals surface area contributed by atoms with Gasteiger partial charge < -0.3 is 9.47 Å². The lowest BCUT2D eigenvalue weighted by atomic mass is 10.0. The van der Waals surface area contributed by atoms with Crippen LogP contribution in [-0.2, 0) is 26.1 Å². The Morgan fingerprint density at radius 3 is 2.42 bits per heavy atom. The van der Waals surface area contributed by atoms with Gasteiger partial charge >= 0.3 is 11.9 Å². The number of primary sulfonamides is 1. The molecule has 0 fully saturated rings. The van der Waals surface area contributed by atoms with Gasteiger partial charge in [-0.1, -0.05) is 24.3 Å². The molecule has 2 N–H and O–H groups in total. The third-order valence-electron chi connectivity index (χ3n) is 4.78. The van der Waals surface area contributed by atoms with Crippen molar-refractivity contribution in [3.05, 3.63) is 70.4 Å². The maximum absolute atomic E-state index is 12.6. The molecule has 0 aliphatic heterocycles. The Hall–Kier alpha value is -3.30. The van der Waals surface area contributed by atoms with Crippen LogP contribution < -0.4 is 5.14 Å². The first kappa shape index (κ1) is 22.4. The number of aryl methyl sites for hydroxylation is 2. The number of hydrogen-bond donors (Lipinski definition) is 1. The molecule has 0 spiro atoms. The molecule has 1 heterocycles. The molecule has 31 heavy (non-hydrogen) atoms. The number of fused-ring (bicyclic) bond motifs is 1. The number of aromatic nitrogens is 1. The van der Waals surface area contributed by atoms with E-state index >= 15 is 0 Å². The molecule has 1 aromatic heterocycles. The summed E-state index contributed by atoms with van der Waals surface area (Å²) in [6.45, 7) is 4.94. The molecule has 3 aromatic rings. The van der Waals surface area contributed by atoms with E-state index in [1.807, 2.05) is 18.2 Å². The van der Waals surface area contributed by atoms with Crippen LogP contribution in [0.4, 0.5) is 0 Å². The van der Waals surface area contributed by atoms with Crippen molar-refractivity contribution in [2.45, 2.75) is 32.3 Å². The molecule has 0 saturated heterocycles. The Bertz CT molecular complexity index is 1280. The van der Waals surface area contributed by atoms with Gasteiger partial charge in [0.1, 0.15) is 6.61 Å². The van der Waals surface area contributed by atoms with E-state index in [1.165, 1.54) is 18.2 Å². The summed E-state index contributed by atoms with van der Waals surface area (Å²) in [6.07, 6.45) is 0. The Balaban J connectivity index is 1.96. The SMILES string of the molecule is CCOC(=O)c1c(COC(=O)c2ccc(C)c(S(N)(=O)=O)c2)nc2ccccc2c1C. The van der Waals surface area contributed by atoms with Gasteiger partial charge in [0.15, 0.2) is 0 Å². The molecule has 0 amide bonds. The first-order valence-electron chi connectivity index (χ1n) is 9.49. The van der Waals surface area contributed by atoms with E-state index in [0.717, 1.165) is 5.39 Å². The highest BCUT2D eigenvalue weighted by molar-refractivity contribution is 7.89. The monoisotopic (exact) mass is 442 g/mol. The van der Waals surface area contributed by atoms with Gasteiger partial charge in [-0.05, 0) is 50.1 Å². The van der Waals surface area contributed by atoms with Crippen LogP contribution in [0.1, 0.15) is 44.5 Å². The number of carbonyl (C=O) groups excluding carboxylic acids is 2. The van der Waals surface area contributed by atoms with Crippen molar-refractivity contribution in [1.29, 1.82) is 0 Å². The minimum Gasteiger partial charge on any atom is -0.462 e. The predicted molar refractivity (Wildman–Crippen MR) is 114 cm³/mol. The van der Waals surface area contributed by atoms with Crippen LogP contribution >= 0.6 is 0 Å². The van der Waals surface area contributed by atoms with E-state index in [4.69, 9.17) is 14.6 Å². The molecule has 0 saturated carbocycles. The molecule has 162 valence electrons. The third kappa shape index (κ3) is 4.73. The van der Waals surface area contributed by atoms with Crippen molar-refractivity contribution in [1.82, 2.24) is 4.98 Å². The zero-order valence-electron chi connectivity index (χ0n) is 17.3. The second kappa shape index (κ2) is 8.83. The first-order valence-corrected chi connectivity index (χ1v) is 11.0. The smallest absolute Gasteiger partial charge is 0.340 e. The quantitative estimate of drug-likeness (QED) is 0.582. The Morgan fingerprint density at radius 1 is 1.03 bits per heavy atom. The van der Waals surface area contributed by atoms with Gasteiger partial charge in [0.2, 0.25) is 10.0 Å². The van der Waals surface area contributed by atoms with Crippen molar-refractivity contribution in [3.63, 3.8) is 0 Å². The third-order valence-corrected chi connectivity index (χ3v) is 5.83. The Labute approximate surface area is 180 Å². The van der Waals surface area contributed by atoms with Crippen LogP contribution in [0, 0.1) is 13.8 Å². The number of esters is 2.